The van der Waals surface area contributed by atoms with E-state index in [4.69, 9.17) is 9.47 Å². The maximum absolute atomic E-state index is 11.6. The number of esters is 1. The van der Waals surface area contributed by atoms with Crippen LogP contribution in [0.4, 0.5) is 5.69 Å². The van der Waals surface area contributed by atoms with Crippen LogP contribution in [0.1, 0.15) is 10.4 Å². The zero-order valence-corrected chi connectivity index (χ0v) is 8.95. The Kier molecular flexibility index (Phi) is 4.63. The molecule has 0 saturated carbocycles. The normalized spacial score (nSPS) is 9.73. The quantitative estimate of drug-likeness (QED) is 0.590. The van der Waals surface area contributed by atoms with E-state index in [2.05, 4.69) is 5.32 Å². The molecule has 1 N–H and O–H groups in total. The van der Waals surface area contributed by atoms with Crippen LogP contribution in [0.5, 0.6) is 0 Å². The Morgan fingerprint density at radius 3 is 2.73 bits per heavy atom. The van der Waals surface area contributed by atoms with E-state index in [9.17, 15) is 4.79 Å². The summed E-state index contributed by atoms with van der Waals surface area (Å²) in [6.07, 6.45) is 0. The fourth-order valence-electron chi connectivity index (χ4n) is 1.17. The van der Waals surface area contributed by atoms with Crippen molar-refractivity contribution < 1.29 is 14.3 Å². The van der Waals surface area contributed by atoms with Gasteiger partial charge in [-0.1, -0.05) is 12.1 Å². The first-order valence-electron chi connectivity index (χ1n) is 4.72. The molecule has 0 radical (unpaired) electrons. The molecule has 1 aromatic rings. The number of anilines is 1. The topological polar surface area (TPSA) is 47.6 Å². The zero-order valence-electron chi connectivity index (χ0n) is 8.95. The summed E-state index contributed by atoms with van der Waals surface area (Å²) in [5.41, 5.74) is 1.30. The summed E-state index contributed by atoms with van der Waals surface area (Å²) in [6, 6.07) is 7.21. The molecule has 0 saturated heterocycles. The lowest BCUT2D eigenvalue weighted by Gasteiger charge is -2.08. The van der Waals surface area contributed by atoms with Crippen molar-refractivity contribution in [1.29, 1.82) is 0 Å². The Bertz CT molecular complexity index is 325. The van der Waals surface area contributed by atoms with Crippen LogP contribution >= 0.6 is 0 Å². The van der Waals surface area contributed by atoms with E-state index in [1.165, 1.54) is 0 Å². The molecule has 15 heavy (non-hydrogen) atoms. The van der Waals surface area contributed by atoms with Crippen LogP contribution in [-0.4, -0.2) is 33.3 Å². The van der Waals surface area contributed by atoms with Gasteiger partial charge in [-0.05, 0) is 12.1 Å². The summed E-state index contributed by atoms with van der Waals surface area (Å²) < 4.78 is 9.80. The molecule has 0 spiro atoms. The Morgan fingerprint density at radius 2 is 2.07 bits per heavy atom. The molecule has 0 aliphatic rings. The number of carbonyl (C=O) groups is 1. The number of hydrogen-bond acceptors (Lipinski definition) is 4. The Balaban J connectivity index is 2.64. The summed E-state index contributed by atoms with van der Waals surface area (Å²) in [4.78, 5) is 11.6. The zero-order chi connectivity index (χ0) is 11.1. The van der Waals surface area contributed by atoms with E-state index in [1.54, 1.807) is 26.3 Å². The number of rotatable bonds is 5. The predicted molar refractivity (Wildman–Crippen MR) is 58.1 cm³/mol. The highest BCUT2D eigenvalue weighted by molar-refractivity contribution is 5.95. The van der Waals surface area contributed by atoms with Gasteiger partial charge < -0.3 is 14.8 Å². The predicted octanol–water partition coefficient (Wildman–Crippen LogP) is 1.53. The highest BCUT2D eigenvalue weighted by Crippen LogP contribution is 2.14. The van der Waals surface area contributed by atoms with Gasteiger partial charge in [0.05, 0.1) is 12.2 Å². The summed E-state index contributed by atoms with van der Waals surface area (Å²) in [6.45, 7) is 0.681. The van der Waals surface area contributed by atoms with Crippen LogP contribution in [0, 0.1) is 0 Å². The number of carbonyl (C=O) groups excluding carboxylic acids is 1. The van der Waals surface area contributed by atoms with Crippen LogP contribution in [0.3, 0.4) is 0 Å². The number of benzene rings is 1. The smallest absolute Gasteiger partial charge is 0.340 e. The van der Waals surface area contributed by atoms with E-state index in [-0.39, 0.29) is 12.6 Å². The molecule has 4 heteroatoms. The number of nitrogens with one attached hydrogen (secondary N) is 1. The minimum absolute atomic E-state index is 0.271. The minimum Gasteiger partial charge on any atom is -0.460 e. The third-order valence-electron chi connectivity index (χ3n) is 1.94. The fourth-order valence-corrected chi connectivity index (χ4v) is 1.17. The minimum atomic E-state index is -0.336. The van der Waals surface area contributed by atoms with E-state index >= 15 is 0 Å². The molecule has 82 valence electrons. The van der Waals surface area contributed by atoms with Gasteiger partial charge in [-0.3, -0.25) is 0 Å². The van der Waals surface area contributed by atoms with Gasteiger partial charge in [-0.2, -0.15) is 0 Å². The summed E-state index contributed by atoms with van der Waals surface area (Å²) in [5, 5.41) is 2.93. The first-order valence-corrected chi connectivity index (χ1v) is 4.72. The molecule has 4 nitrogen and oxygen atoms in total. The van der Waals surface area contributed by atoms with Crippen LogP contribution in [-0.2, 0) is 9.47 Å². The molecule has 1 rings (SSSR count). The molecule has 0 fully saturated rings. The second-order valence-corrected chi connectivity index (χ2v) is 2.92. The second kappa shape index (κ2) is 6.03. The summed E-state index contributed by atoms with van der Waals surface area (Å²) in [7, 11) is 3.33. The average molecular weight is 209 g/mol. The van der Waals surface area contributed by atoms with Gasteiger partial charge in [0.15, 0.2) is 0 Å². The number of para-hydroxylation sites is 1. The third-order valence-corrected chi connectivity index (χ3v) is 1.94. The van der Waals surface area contributed by atoms with Crippen molar-refractivity contribution in [2.75, 3.05) is 32.7 Å². The highest BCUT2D eigenvalue weighted by Gasteiger charge is 2.10. The standard InChI is InChI=1S/C11H15NO3/c1-12-10-6-4-3-5-9(10)11(13)15-8-7-14-2/h3-6,12H,7-8H2,1-2H3. The lowest BCUT2D eigenvalue weighted by molar-refractivity contribution is 0.0389. The van der Waals surface area contributed by atoms with Crippen LogP contribution < -0.4 is 5.32 Å². The van der Waals surface area contributed by atoms with Gasteiger partial charge in [-0.15, -0.1) is 0 Å². The van der Waals surface area contributed by atoms with Gasteiger partial charge >= 0.3 is 5.97 Å². The highest BCUT2D eigenvalue weighted by atomic mass is 16.6. The Labute approximate surface area is 89.2 Å². The maximum atomic E-state index is 11.6. The van der Waals surface area contributed by atoms with E-state index < -0.39 is 0 Å². The molecule has 0 aromatic heterocycles. The molecule has 0 amide bonds. The van der Waals surface area contributed by atoms with Gasteiger partial charge in [0.2, 0.25) is 0 Å². The molecule has 1 aromatic carbocycles. The van der Waals surface area contributed by atoms with Crippen LogP contribution in [0.2, 0.25) is 0 Å². The van der Waals surface area contributed by atoms with E-state index in [1.807, 2.05) is 12.1 Å². The van der Waals surface area contributed by atoms with Gasteiger partial charge in [0.25, 0.3) is 0 Å². The van der Waals surface area contributed by atoms with Gasteiger partial charge in [0, 0.05) is 19.8 Å². The number of methoxy groups -OCH3 is 1. The van der Waals surface area contributed by atoms with Crippen molar-refractivity contribution in [1.82, 2.24) is 0 Å². The van der Waals surface area contributed by atoms with Crippen molar-refractivity contribution in [2.24, 2.45) is 0 Å². The monoisotopic (exact) mass is 209 g/mol. The first kappa shape index (κ1) is 11.5. The number of hydrogen-bond donors (Lipinski definition) is 1. The summed E-state index contributed by atoms with van der Waals surface area (Å²) >= 11 is 0. The van der Waals surface area contributed by atoms with Gasteiger partial charge in [0.1, 0.15) is 6.61 Å². The molecule has 0 heterocycles. The van der Waals surface area contributed by atoms with Crippen molar-refractivity contribution in [2.45, 2.75) is 0 Å². The SMILES string of the molecule is CNc1ccccc1C(=O)OCCOC. The Morgan fingerprint density at radius 1 is 1.33 bits per heavy atom. The molecule has 0 unspecified atom stereocenters. The van der Waals surface area contributed by atoms with Crippen molar-refractivity contribution in [3.8, 4) is 0 Å². The van der Waals surface area contributed by atoms with E-state index in [0.29, 0.717) is 12.2 Å². The number of ether oxygens (including phenoxy) is 2. The first-order chi connectivity index (χ1) is 7.29. The molecular weight excluding hydrogens is 194 g/mol. The molecule has 0 bridgehead atoms. The Hall–Kier alpha value is -1.55. The average Bonchev–Trinajstić information content (AvgIpc) is 2.29. The second-order valence-electron chi connectivity index (χ2n) is 2.92. The van der Waals surface area contributed by atoms with Crippen molar-refractivity contribution in [3.05, 3.63) is 29.8 Å². The van der Waals surface area contributed by atoms with Gasteiger partial charge in [-0.25, -0.2) is 4.79 Å². The van der Waals surface area contributed by atoms with Crippen LogP contribution in [0.25, 0.3) is 0 Å². The van der Waals surface area contributed by atoms with Crippen LogP contribution in [0.15, 0.2) is 24.3 Å². The molecular formula is C11H15NO3. The lowest BCUT2D eigenvalue weighted by atomic mass is 10.2. The summed E-state index contributed by atoms with van der Waals surface area (Å²) in [5.74, 6) is -0.336. The molecule has 0 atom stereocenters. The molecule has 0 aliphatic heterocycles. The van der Waals surface area contributed by atoms with E-state index in [0.717, 1.165) is 5.69 Å². The maximum Gasteiger partial charge on any atom is 0.340 e. The lowest BCUT2D eigenvalue weighted by Crippen LogP contribution is -2.11. The van der Waals surface area contributed by atoms with Crippen molar-refractivity contribution >= 4 is 11.7 Å². The largest absolute Gasteiger partial charge is 0.460 e. The molecule has 0 aliphatic carbocycles. The van der Waals surface area contributed by atoms with Crippen molar-refractivity contribution in [3.63, 3.8) is 0 Å². The third kappa shape index (κ3) is 3.25. The fraction of sp³-hybridized carbons (Fsp3) is 0.364.